The number of hydrogen-bond acceptors (Lipinski definition) is 5. The molecule has 0 radical (unpaired) electrons. The molecule has 0 atom stereocenters. The van der Waals surface area contributed by atoms with Crippen LogP contribution in [-0.2, 0) is 26.2 Å². The molecule has 1 N–H and O–H groups in total. The minimum atomic E-state index is -0.688. The number of benzene rings is 1. The fraction of sp³-hybridized carbons (Fsp3) is 0.524. The second-order valence-corrected chi connectivity index (χ2v) is 7.98. The summed E-state index contributed by atoms with van der Waals surface area (Å²) < 4.78 is 12.8. The quantitative estimate of drug-likeness (QED) is 0.780. The molecule has 8 heteroatoms. The van der Waals surface area contributed by atoms with Gasteiger partial charge in [-0.1, -0.05) is 29.8 Å². The lowest BCUT2D eigenvalue weighted by Crippen LogP contribution is -2.45. The zero-order valence-electron chi connectivity index (χ0n) is 16.5. The lowest BCUT2D eigenvalue weighted by atomic mass is 9.73. The smallest absolute Gasteiger partial charge is 0.235 e. The van der Waals surface area contributed by atoms with Crippen molar-refractivity contribution in [3.8, 4) is 0 Å². The third-order valence-corrected chi connectivity index (χ3v) is 6.14. The Hall–Kier alpha value is -1.93. The maximum absolute atomic E-state index is 13.4. The van der Waals surface area contributed by atoms with Gasteiger partial charge in [0.2, 0.25) is 5.91 Å². The minimum absolute atomic E-state index is 0.0540. The Balaban J connectivity index is 1.44. The lowest BCUT2D eigenvalue weighted by Gasteiger charge is -2.36. The molecule has 0 saturated carbocycles. The van der Waals surface area contributed by atoms with Gasteiger partial charge in [-0.25, -0.2) is 0 Å². The van der Waals surface area contributed by atoms with E-state index in [1.807, 2.05) is 35.1 Å². The Labute approximate surface area is 175 Å². The molecule has 2 saturated heterocycles. The third kappa shape index (κ3) is 4.64. The van der Waals surface area contributed by atoms with Crippen molar-refractivity contribution in [2.45, 2.75) is 24.8 Å². The number of ether oxygens (including phenoxy) is 2. The van der Waals surface area contributed by atoms with E-state index in [0.717, 1.165) is 45.0 Å². The minimum Gasteiger partial charge on any atom is -0.381 e. The van der Waals surface area contributed by atoms with Gasteiger partial charge in [0.25, 0.3) is 0 Å². The number of halogens is 1. The molecule has 0 bridgehead atoms. The van der Waals surface area contributed by atoms with Crippen molar-refractivity contribution >= 4 is 23.2 Å². The van der Waals surface area contributed by atoms with E-state index in [0.29, 0.717) is 36.8 Å². The summed E-state index contributed by atoms with van der Waals surface area (Å²) in [6, 6.07) is 7.59. The molecule has 3 heterocycles. The SMILES string of the molecule is O=C(Nc1cnn(CCN2CCOCC2)c1)C1(c2ccccc2Cl)CCOCC1. The number of aromatic nitrogens is 2. The highest BCUT2D eigenvalue weighted by Gasteiger charge is 2.43. The van der Waals surface area contributed by atoms with Gasteiger partial charge >= 0.3 is 0 Å². The van der Waals surface area contributed by atoms with E-state index in [9.17, 15) is 4.79 Å². The number of nitrogens with one attached hydrogen (secondary N) is 1. The number of morpholine rings is 1. The summed E-state index contributed by atoms with van der Waals surface area (Å²) in [5, 5.41) is 8.09. The second-order valence-electron chi connectivity index (χ2n) is 7.57. The summed E-state index contributed by atoms with van der Waals surface area (Å²) in [5.41, 5.74) is 0.879. The highest BCUT2D eigenvalue weighted by molar-refractivity contribution is 6.31. The topological polar surface area (TPSA) is 68.6 Å². The van der Waals surface area contributed by atoms with Crippen LogP contribution >= 0.6 is 11.6 Å². The summed E-state index contributed by atoms with van der Waals surface area (Å²) >= 11 is 6.46. The van der Waals surface area contributed by atoms with Gasteiger partial charge in [0.05, 0.1) is 37.1 Å². The Morgan fingerprint density at radius 3 is 2.59 bits per heavy atom. The molecule has 1 aromatic carbocycles. The van der Waals surface area contributed by atoms with E-state index in [1.54, 1.807) is 6.20 Å². The second kappa shape index (κ2) is 9.26. The molecule has 1 aromatic heterocycles. The van der Waals surface area contributed by atoms with Crippen molar-refractivity contribution in [3.63, 3.8) is 0 Å². The number of carbonyl (C=O) groups is 1. The van der Waals surface area contributed by atoms with Crippen LogP contribution in [0, 0.1) is 0 Å². The van der Waals surface area contributed by atoms with E-state index in [1.165, 1.54) is 0 Å². The molecular weight excluding hydrogens is 392 g/mol. The van der Waals surface area contributed by atoms with E-state index in [-0.39, 0.29) is 5.91 Å². The van der Waals surface area contributed by atoms with E-state index >= 15 is 0 Å². The molecule has 1 amide bonds. The van der Waals surface area contributed by atoms with Gasteiger partial charge < -0.3 is 14.8 Å². The average molecular weight is 419 g/mol. The highest BCUT2D eigenvalue weighted by atomic mass is 35.5. The molecule has 0 spiro atoms. The number of carbonyl (C=O) groups excluding carboxylic acids is 1. The maximum atomic E-state index is 13.4. The van der Waals surface area contributed by atoms with Crippen molar-refractivity contribution in [1.29, 1.82) is 0 Å². The van der Waals surface area contributed by atoms with Crippen LogP contribution in [0.1, 0.15) is 18.4 Å². The first-order valence-electron chi connectivity index (χ1n) is 10.1. The average Bonchev–Trinajstić information content (AvgIpc) is 3.21. The fourth-order valence-electron chi connectivity index (χ4n) is 4.06. The molecule has 2 fully saturated rings. The van der Waals surface area contributed by atoms with Crippen LogP contribution in [0.2, 0.25) is 5.02 Å². The van der Waals surface area contributed by atoms with E-state index in [4.69, 9.17) is 21.1 Å². The van der Waals surface area contributed by atoms with Gasteiger partial charge in [-0.15, -0.1) is 0 Å². The Bertz CT molecular complexity index is 829. The third-order valence-electron chi connectivity index (χ3n) is 5.81. The highest BCUT2D eigenvalue weighted by Crippen LogP contribution is 2.39. The maximum Gasteiger partial charge on any atom is 0.235 e. The molecule has 156 valence electrons. The van der Waals surface area contributed by atoms with Crippen LogP contribution < -0.4 is 5.32 Å². The summed E-state index contributed by atoms with van der Waals surface area (Å²) in [6.45, 7) is 6.25. The van der Waals surface area contributed by atoms with Crippen molar-refractivity contribution < 1.29 is 14.3 Å². The van der Waals surface area contributed by atoms with Gasteiger partial charge in [0.1, 0.15) is 0 Å². The summed E-state index contributed by atoms with van der Waals surface area (Å²) in [6.07, 6.45) is 4.80. The zero-order chi connectivity index (χ0) is 20.1. The predicted molar refractivity (Wildman–Crippen MR) is 111 cm³/mol. The molecule has 29 heavy (non-hydrogen) atoms. The molecule has 2 aliphatic heterocycles. The van der Waals surface area contributed by atoms with Crippen LogP contribution in [0.4, 0.5) is 5.69 Å². The van der Waals surface area contributed by atoms with Gasteiger partial charge in [-0.3, -0.25) is 14.4 Å². The molecule has 2 aliphatic rings. The molecule has 0 aliphatic carbocycles. The van der Waals surface area contributed by atoms with Crippen LogP contribution in [0.15, 0.2) is 36.7 Å². The monoisotopic (exact) mass is 418 g/mol. The molecule has 4 rings (SSSR count). The lowest BCUT2D eigenvalue weighted by molar-refractivity contribution is -0.125. The first-order valence-corrected chi connectivity index (χ1v) is 10.5. The Morgan fingerprint density at radius 2 is 1.83 bits per heavy atom. The Morgan fingerprint density at radius 1 is 1.10 bits per heavy atom. The first-order chi connectivity index (χ1) is 14.2. The van der Waals surface area contributed by atoms with Gasteiger partial charge in [0, 0.05) is 44.1 Å². The first kappa shape index (κ1) is 20.3. The van der Waals surface area contributed by atoms with Crippen LogP contribution in [-0.4, -0.2) is 66.6 Å². The van der Waals surface area contributed by atoms with Crippen LogP contribution in [0.3, 0.4) is 0 Å². The van der Waals surface area contributed by atoms with Gasteiger partial charge in [-0.2, -0.15) is 5.10 Å². The summed E-state index contributed by atoms with van der Waals surface area (Å²) in [5.74, 6) is -0.0540. The largest absolute Gasteiger partial charge is 0.381 e. The molecule has 7 nitrogen and oxygen atoms in total. The Kier molecular flexibility index (Phi) is 6.50. The molecule has 0 unspecified atom stereocenters. The van der Waals surface area contributed by atoms with Gasteiger partial charge in [-0.05, 0) is 24.5 Å². The van der Waals surface area contributed by atoms with Crippen molar-refractivity contribution in [2.24, 2.45) is 0 Å². The zero-order valence-corrected chi connectivity index (χ0v) is 17.2. The van der Waals surface area contributed by atoms with Crippen LogP contribution in [0.25, 0.3) is 0 Å². The van der Waals surface area contributed by atoms with E-state index < -0.39 is 5.41 Å². The standard InChI is InChI=1S/C21H27ClN4O3/c22-19-4-2-1-3-18(19)21(5-11-28-12-6-21)20(27)24-17-15-23-26(16-17)8-7-25-9-13-29-14-10-25/h1-4,15-16H,5-14H2,(H,24,27). The fourth-order valence-corrected chi connectivity index (χ4v) is 4.37. The number of amides is 1. The van der Waals surface area contributed by atoms with Crippen molar-refractivity contribution in [1.82, 2.24) is 14.7 Å². The van der Waals surface area contributed by atoms with Crippen LogP contribution in [0.5, 0.6) is 0 Å². The molecule has 2 aromatic rings. The van der Waals surface area contributed by atoms with E-state index in [2.05, 4.69) is 15.3 Å². The number of anilines is 1. The number of rotatable bonds is 6. The number of hydrogen-bond donors (Lipinski definition) is 1. The summed E-state index contributed by atoms with van der Waals surface area (Å²) in [7, 11) is 0. The summed E-state index contributed by atoms with van der Waals surface area (Å²) in [4.78, 5) is 15.7. The van der Waals surface area contributed by atoms with Gasteiger partial charge in [0.15, 0.2) is 0 Å². The van der Waals surface area contributed by atoms with Crippen molar-refractivity contribution in [2.75, 3.05) is 51.4 Å². The normalized spacial score (nSPS) is 19.8. The number of nitrogens with zero attached hydrogens (tertiary/aromatic N) is 3. The predicted octanol–water partition coefficient (Wildman–Crippen LogP) is 2.56. The molecular formula is C21H27ClN4O3. The van der Waals surface area contributed by atoms with Crippen molar-refractivity contribution in [3.05, 3.63) is 47.2 Å².